The Labute approximate surface area is 99.2 Å². The molecule has 90 valence electrons. The fourth-order valence-electron chi connectivity index (χ4n) is 1.82. The predicted molar refractivity (Wildman–Crippen MR) is 71.8 cm³/mol. The molecule has 3 N–H and O–H groups in total. The first-order chi connectivity index (χ1) is 7.52. The molecule has 0 aliphatic carbocycles. The second-order valence-corrected chi connectivity index (χ2v) is 4.81. The molecule has 1 aromatic rings. The number of anilines is 1. The van der Waals surface area contributed by atoms with Crippen molar-refractivity contribution in [2.24, 2.45) is 11.7 Å². The van der Waals surface area contributed by atoms with Gasteiger partial charge in [-0.15, -0.1) is 0 Å². The maximum Gasteiger partial charge on any atom is 0.0346 e. The molecular weight excluding hydrogens is 196 g/mol. The fourth-order valence-corrected chi connectivity index (χ4v) is 1.82. The zero-order valence-electron chi connectivity index (χ0n) is 10.9. The average molecular weight is 220 g/mol. The third-order valence-electron chi connectivity index (χ3n) is 3.14. The van der Waals surface area contributed by atoms with E-state index < -0.39 is 0 Å². The van der Waals surface area contributed by atoms with Crippen molar-refractivity contribution in [3.8, 4) is 0 Å². The number of benzene rings is 1. The summed E-state index contributed by atoms with van der Waals surface area (Å²) in [5, 5.41) is 3.42. The zero-order valence-corrected chi connectivity index (χ0v) is 10.9. The lowest BCUT2D eigenvalue weighted by Gasteiger charge is -2.19. The lowest BCUT2D eigenvalue weighted by Crippen LogP contribution is -2.35. The molecule has 1 rings (SSSR count). The number of nitrogens with two attached hydrogens (primary N) is 1. The average Bonchev–Trinajstić information content (AvgIpc) is 2.23. The summed E-state index contributed by atoms with van der Waals surface area (Å²) < 4.78 is 0. The maximum atomic E-state index is 6.09. The van der Waals surface area contributed by atoms with Crippen molar-refractivity contribution < 1.29 is 0 Å². The van der Waals surface area contributed by atoms with E-state index in [2.05, 4.69) is 51.2 Å². The molecule has 0 saturated heterocycles. The Morgan fingerprint density at radius 1 is 1.19 bits per heavy atom. The molecule has 0 amide bonds. The summed E-state index contributed by atoms with van der Waals surface area (Å²) in [7, 11) is 0. The van der Waals surface area contributed by atoms with Crippen molar-refractivity contribution in [2.75, 3.05) is 11.9 Å². The van der Waals surface area contributed by atoms with Crippen LogP contribution in [0.25, 0.3) is 0 Å². The Morgan fingerprint density at radius 2 is 1.75 bits per heavy atom. The van der Waals surface area contributed by atoms with E-state index >= 15 is 0 Å². The number of hydrogen-bond donors (Lipinski definition) is 2. The van der Waals surface area contributed by atoms with Gasteiger partial charge < -0.3 is 11.1 Å². The number of hydrogen-bond acceptors (Lipinski definition) is 2. The highest BCUT2D eigenvalue weighted by Crippen LogP contribution is 2.14. The SMILES string of the molecule is CC[C@H](C)[C@H](N)CNc1cc(C)cc(C)c1. The molecular formula is C14H24N2. The van der Waals surface area contributed by atoms with Crippen molar-refractivity contribution in [1.82, 2.24) is 0 Å². The molecule has 0 bridgehead atoms. The Morgan fingerprint density at radius 3 is 2.25 bits per heavy atom. The van der Waals surface area contributed by atoms with Crippen LogP contribution in [0, 0.1) is 19.8 Å². The van der Waals surface area contributed by atoms with Gasteiger partial charge in [0, 0.05) is 18.3 Å². The van der Waals surface area contributed by atoms with E-state index in [9.17, 15) is 0 Å². The van der Waals surface area contributed by atoms with Crippen LogP contribution < -0.4 is 11.1 Å². The smallest absolute Gasteiger partial charge is 0.0346 e. The molecule has 1 aromatic carbocycles. The molecule has 0 aliphatic heterocycles. The standard InChI is InChI=1S/C14H24N2/c1-5-12(4)14(15)9-16-13-7-10(2)6-11(3)8-13/h6-8,12,14,16H,5,9,15H2,1-4H3/t12-,14+/m0/s1. The molecule has 16 heavy (non-hydrogen) atoms. The Kier molecular flexibility index (Phi) is 4.81. The molecule has 0 radical (unpaired) electrons. The van der Waals surface area contributed by atoms with Gasteiger partial charge in [0.2, 0.25) is 0 Å². The van der Waals surface area contributed by atoms with Crippen LogP contribution in [0.2, 0.25) is 0 Å². The molecule has 0 heterocycles. The molecule has 0 fully saturated rings. The summed E-state index contributed by atoms with van der Waals surface area (Å²) in [4.78, 5) is 0. The van der Waals surface area contributed by atoms with Gasteiger partial charge in [-0.2, -0.15) is 0 Å². The van der Waals surface area contributed by atoms with E-state index in [4.69, 9.17) is 5.73 Å². The molecule has 0 unspecified atom stereocenters. The number of aryl methyl sites for hydroxylation is 2. The first-order valence-corrected chi connectivity index (χ1v) is 6.10. The van der Waals surface area contributed by atoms with E-state index in [0.29, 0.717) is 5.92 Å². The summed E-state index contributed by atoms with van der Waals surface area (Å²) in [5.74, 6) is 0.568. The third kappa shape index (κ3) is 3.86. The highest BCUT2D eigenvalue weighted by Gasteiger charge is 2.09. The van der Waals surface area contributed by atoms with Gasteiger partial charge in [-0.25, -0.2) is 0 Å². The van der Waals surface area contributed by atoms with Crippen LogP contribution in [-0.2, 0) is 0 Å². The van der Waals surface area contributed by atoms with Crippen LogP contribution in [-0.4, -0.2) is 12.6 Å². The largest absolute Gasteiger partial charge is 0.383 e. The third-order valence-corrected chi connectivity index (χ3v) is 3.14. The summed E-state index contributed by atoms with van der Waals surface area (Å²) in [6.45, 7) is 9.46. The van der Waals surface area contributed by atoms with E-state index in [1.165, 1.54) is 16.8 Å². The minimum Gasteiger partial charge on any atom is -0.383 e. The van der Waals surface area contributed by atoms with Gasteiger partial charge in [-0.05, 0) is 43.0 Å². The van der Waals surface area contributed by atoms with Crippen molar-refractivity contribution in [3.63, 3.8) is 0 Å². The van der Waals surface area contributed by atoms with Crippen molar-refractivity contribution in [2.45, 2.75) is 40.2 Å². The normalized spacial score (nSPS) is 14.6. The summed E-state index contributed by atoms with van der Waals surface area (Å²) >= 11 is 0. The van der Waals surface area contributed by atoms with E-state index in [0.717, 1.165) is 13.0 Å². The molecule has 2 atom stereocenters. The van der Waals surface area contributed by atoms with E-state index in [1.54, 1.807) is 0 Å². The minimum absolute atomic E-state index is 0.228. The van der Waals surface area contributed by atoms with Crippen molar-refractivity contribution in [1.29, 1.82) is 0 Å². The van der Waals surface area contributed by atoms with Crippen LogP contribution >= 0.6 is 0 Å². The molecule has 2 nitrogen and oxygen atoms in total. The summed E-state index contributed by atoms with van der Waals surface area (Å²) in [6.07, 6.45) is 1.13. The molecule has 0 aliphatic rings. The second-order valence-electron chi connectivity index (χ2n) is 4.81. The highest BCUT2D eigenvalue weighted by molar-refractivity contribution is 5.48. The Bertz CT molecular complexity index is 313. The van der Waals surface area contributed by atoms with Gasteiger partial charge in [0.05, 0.1) is 0 Å². The molecule has 0 aromatic heterocycles. The van der Waals surface area contributed by atoms with Crippen LogP contribution in [0.4, 0.5) is 5.69 Å². The topological polar surface area (TPSA) is 38.0 Å². The van der Waals surface area contributed by atoms with Gasteiger partial charge in [0.25, 0.3) is 0 Å². The minimum atomic E-state index is 0.228. The summed E-state index contributed by atoms with van der Waals surface area (Å²) in [6, 6.07) is 6.73. The van der Waals surface area contributed by atoms with Gasteiger partial charge in [0.15, 0.2) is 0 Å². The van der Waals surface area contributed by atoms with Gasteiger partial charge in [-0.3, -0.25) is 0 Å². The number of nitrogens with one attached hydrogen (secondary N) is 1. The molecule has 0 saturated carbocycles. The van der Waals surface area contributed by atoms with Crippen LogP contribution in [0.1, 0.15) is 31.4 Å². The van der Waals surface area contributed by atoms with Crippen LogP contribution in [0.5, 0.6) is 0 Å². The lowest BCUT2D eigenvalue weighted by molar-refractivity contribution is 0.457. The Balaban J connectivity index is 2.54. The van der Waals surface area contributed by atoms with Gasteiger partial charge >= 0.3 is 0 Å². The van der Waals surface area contributed by atoms with Crippen LogP contribution in [0.3, 0.4) is 0 Å². The zero-order chi connectivity index (χ0) is 12.1. The molecule has 0 spiro atoms. The Hall–Kier alpha value is -1.02. The fraction of sp³-hybridized carbons (Fsp3) is 0.571. The van der Waals surface area contributed by atoms with E-state index in [1.807, 2.05) is 0 Å². The monoisotopic (exact) mass is 220 g/mol. The quantitative estimate of drug-likeness (QED) is 0.800. The summed E-state index contributed by atoms with van der Waals surface area (Å²) in [5.41, 5.74) is 9.85. The lowest BCUT2D eigenvalue weighted by atomic mass is 10.00. The second kappa shape index (κ2) is 5.90. The van der Waals surface area contributed by atoms with Crippen molar-refractivity contribution >= 4 is 5.69 Å². The predicted octanol–water partition coefficient (Wildman–Crippen LogP) is 3.09. The maximum absolute atomic E-state index is 6.09. The first-order valence-electron chi connectivity index (χ1n) is 6.10. The highest BCUT2D eigenvalue weighted by atomic mass is 14.9. The van der Waals surface area contributed by atoms with E-state index in [-0.39, 0.29) is 6.04 Å². The van der Waals surface area contributed by atoms with Crippen molar-refractivity contribution in [3.05, 3.63) is 29.3 Å². The van der Waals surface area contributed by atoms with Gasteiger partial charge in [0.1, 0.15) is 0 Å². The van der Waals surface area contributed by atoms with Gasteiger partial charge in [-0.1, -0.05) is 26.3 Å². The number of rotatable bonds is 5. The first kappa shape index (κ1) is 13.0. The molecule has 2 heteroatoms. The van der Waals surface area contributed by atoms with Crippen LogP contribution in [0.15, 0.2) is 18.2 Å².